The largest absolute Gasteiger partial charge is 0.508 e. The Balaban J connectivity index is 0.00000729. The van der Waals surface area contributed by atoms with Gasteiger partial charge < -0.3 is 21.3 Å². The fraction of sp³-hybridized carbons (Fsp3) is 0.600. The summed E-state index contributed by atoms with van der Waals surface area (Å²) in [4.78, 5) is 24.9. The van der Waals surface area contributed by atoms with Crippen molar-refractivity contribution < 1.29 is 19.8 Å². The van der Waals surface area contributed by atoms with Crippen LogP contribution in [0.5, 0.6) is 5.75 Å². The number of phenolic OH excluding ortho intramolecular Hbond substituents is 1. The van der Waals surface area contributed by atoms with Gasteiger partial charge in [0.2, 0.25) is 11.8 Å². The summed E-state index contributed by atoms with van der Waals surface area (Å²) in [6.07, 6.45) is 1.15. The zero-order valence-corrected chi connectivity index (χ0v) is 17.8. The summed E-state index contributed by atoms with van der Waals surface area (Å²) in [6, 6.07) is 4.75. The van der Waals surface area contributed by atoms with Gasteiger partial charge in [0.1, 0.15) is 5.75 Å². The molecule has 1 aromatic carbocycles. The lowest BCUT2D eigenvalue weighted by Crippen LogP contribution is -2.56. The van der Waals surface area contributed by atoms with Crippen molar-refractivity contribution in [1.29, 1.82) is 0 Å². The Morgan fingerprint density at radius 3 is 2.14 bits per heavy atom. The highest BCUT2D eigenvalue weighted by molar-refractivity contribution is 6.00. The number of hydrogen-bond donors (Lipinski definition) is 5. The van der Waals surface area contributed by atoms with E-state index >= 15 is 0 Å². The zero-order valence-electron chi connectivity index (χ0n) is 17.0. The highest BCUT2D eigenvalue weighted by atomic mass is 35.5. The average molecular weight is 416 g/mol. The second-order valence-corrected chi connectivity index (χ2v) is 7.39. The molecule has 6 N–H and O–H groups in total. The highest BCUT2D eigenvalue weighted by Crippen LogP contribution is 2.14. The molecule has 0 radical (unpaired) electrons. The first-order valence-corrected chi connectivity index (χ1v) is 9.44. The number of amides is 2. The molecule has 1 aromatic rings. The molecule has 0 saturated heterocycles. The van der Waals surface area contributed by atoms with E-state index in [-0.39, 0.29) is 42.6 Å². The number of imide groups is 1. The van der Waals surface area contributed by atoms with Crippen molar-refractivity contribution in [2.75, 3.05) is 6.61 Å². The van der Waals surface area contributed by atoms with Crippen LogP contribution in [0.4, 0.5) is 0 Å². The van der Waals surface area contributed by atoms with Crippen molar-refractivity contribution in [2.45, 2.75) is 58.7 Å². The predicted molar refractivity (Wildman–Crippen MR) is 112 cm³/mol. The zero-order chi connectivity index (χ0) is 20.6. The van der Waals surface area contributed by atoms with Gasteiger partial charge in [-0.15, -0.1) is 12.4 Å². The van der Waals surface area contributed by atoms with Crippen LogP contribution in [0.15, 0.2) is 24.3 Å². The number of nitrogens with one attached hydrogen (secondary N) is 2. The Bertz CT molecular complexity index is 610. The molecular formula is C20H34ClN3O4. The summed E-state index contributed by atoms with van der Waals surface area (Å²) >= 11 is 0. The number of nitrogens with two attached hydrogens (primary N) is 1. The molecule has 0 aliphatic heterocycles. The first-order valence-electron chi connectivity index (χ1n) is 9.44. The van der Waals surface area contributed by atoms with Crippen LogP contribution in [0.25, 0.3) is 0 Å². The van der Waals surface area contributed by atoms with E-state index in [9.17, 15) is 19.8 Å². The van der Waals surface area contributed by atoms with Crippen molar-refractivity contribution in [3.63, 3.8) is 0 Å². The van der Waals surface area contributed by atoms with Crippen molar-refractivity contribution in [3.8, 4) is 5.75 Å². The van der Waals surface area contributed by atoms with Crippen molar-refractivity contribution in [2.24, 2.45) is 17.6 Å². The van der Waals surface area contributed by atoms with Gasteiger partial charge in [0.15, 0.2) is 0 Å². The molecule has 8 heteroatoms. The van der Waals surface area contributed by atoms with Crippen molar-refractivity contribution in [1.82, 2.24) is 10.6 Å². The van der Waals surface area contributed by atoms with Crippen molar-refractivity contribution >= 4 is 24.2 Å². The van der Waals surface area contributed by atoms with Crippen LogP contribution in [0, 0.1) is 11.8 Å². The van der Waals surface area contributed by atoms with E-state index in [1.165, 1.54) is 0 Å². The van der Waals surface area contributed by atoms with E-state index in [0.29, 0.717) is 6.42 Å². The summed E-state index contributed by atoms with van der Waals surface area (Å²) < 4.78 is 0. The van der Waals surface area contributed by atoms with Crippen molar-refractivity contribution in [3.05, 3.63) is 29.8 Å². The molecule has 0 aliphatic rings. The van der Waals surface area contributed by atoms with Gasteiger partial charge in [-0.2, -0.15) is 0 Å². The number of phenols is 1. The highest BCUT2D eigenvalue weighted by Gasteiger charge is 2.28. The monoisotopic (exact) mass is 415 g/mol. The predicted octanol–water partition coefficient (Wildman–Crippen LogP) is 1.35. The normalized spacial score (nSPS) is 15.2. The van der Waals surface area contributed by atoms with Crippen LogP contribution in [0.3, 0.4) is 0 Å². The minimum absolute atomic E-state index is 0. The standard InChI is InChI=1S/C20H33N3O4.ClH/c1-5-13(4)17(11-24)22-16(10-14-6-8-15(25)9-7-14)19(26)23-20(27)18(21)12(2)3;/h6-9,12-13,16-18,22,24-25H,5,10-11,21H2,1-4H3,(H,23,26,27);1H/t13-,16-,17+,18-;/m0./s1. The molecule has 0 fully saturated rings. The van der Waals surface area contributed by atoms with Gasteiger partial charge in [0, 0.05) is 6.04 Å². The number of aromatic hydroxyl groups is 1. The number of aliphatic hydroxyl groups excluding tert-OH is 1. The quantitative estimate of drug-likeness (QED) is 0.393. The van der Waals surface area contributed by atoms with Gasteiger partial charge in [-0.25, -0.2) is 0 Å². The van der Waals surface area contributed by atoms with Gasteiger partial charge in [-0.05, 0) is 36.0 Å². The maximum absolute atomic E-state index is 12.7. The first kappa shape index (κ1) is 26.3. The molecule has 0 bridgehead atoms. The van der Waals surface area contributed by atoms with Gasteiger partial charge in [-0.3, -0.25) is 14.9 Å². The Kier molecular flexibility index (Phi) is 12.0. The van der Waals surface area contributed by atoms with Gasteiger partial charge in [-0.1, -0.05) is 46.2 Å². The van der Waals surface area contributed by atoms with E-state index < -0.39 is 23.9 Å². The van der Waals surface area contributed by atoms with E-state index in [4.69, 9.17) is 5.73 Å². The Morgan fingerprint density at radius 2 is 1.68 bits per heavy atom. The summed E-state index contributed by atoms with van der Waals surface area (Å²) in [7, 11) is 0. The van der Waals surface area contributed by atoms with Gasteiger partial charge >= 0.3 is 0 Å². The fourth-order valence-corrected chi connectivity index (χ4v) is 2.63. The number of carbonyl (C=O) groups is 2. The molecule has 160 valence electrons. The van der Waals surface area contributed by atoms with Gasteiger partial charge in [0.25, 0.3) is 0 Å². The topological polar surface area (TPSA) is 125 Å². The maximum atomic E-state index is 12.7. The molecule has 4 atom stereocenters. The second-order valence-electron chi connectivity index (χ2n) is 7.39. The molecule has 28 heavy (non-hydrogen) atoms. The summed E-state index contributed by atoms with van der Waals surface area (Å²) in [5.74, 6) is -0.800. The number of halogens is 1. The van der Waals surface area contributed by atoms with Crippen LogP contribution < -0.4 is 16.4 Å². The number of carbonyl (C=O) groups excluding carboxylic acids is 2. The Hall–Kier alpha value is -1.67. The summed E-state index contributed by atoms with van der Waals surface area (Å²) in [6.45, 7) is 7.50. The molecule has 0 aromatic heterocycles. The van der Waals surface area contributed by atoms with E-state index in [0.717, 1.165) is 12.0 Å². The molecule has 7 nitrogen and oxygen atoms in total. The molecule has 2 amide bonds. The Morgan fingerprint density at radius 1 is 1.11 bits per heavy atom. The minimum Gasteiger partial charge on any atom is -0.508 e. The average Bonchev–Trinajstić information content (AvgIpc) is 2.64. The third-order valence-electron chi connectivity index (χ3n) is 4.90. The molecule has 1 rings (SSSR count). The SMILES string of the molecule is CC[C@H](C)[C@@H](CO)N[C@@H](Cc1ccc(O)cc1)C(=O)NC(=O)[C@@H](N)C(C)C.Cl. The van der Waals surface area contributed by atoms with E-state index in [1.807, 2.05) is 27.7 Å². The van der Waals surface area contributed by atoms with Crippen LogP contribution in [0.2, 0.25) is 0 Å². The fourth-order valence-electron chi connectivity index (χ4n) is 2.63. The molecule has 0 spiro atoms. The summed E-state index contributed by atoms with van der Waals surface area (Å²) in [5, 5.41) is 24.7. The third kappa shape index (κ3) is 8.14. The Labute approximate surface area is 173 Å². The molecule has 0 saturated carbocycles. The molecule has 0 aliphatic carbocycles. The first-order chi connectivity index (χ1) is 12.7. The second kappa shape index (κ2) is 12.7. The van der Waals surface area contributed by atoms with Crippen LogP contribution in [-0.2, 0) is 16.0 Å². The number of rotatable bonds is 10. The number of aliphatic hydroxyl groups is 1. The number of benzene rings is 1. The van der Waals surface area contributed by atoms with Crippen LogP contribution >= 0.6 is 12.4 Å². The maximum Gasteiger partial charge on any atom is 0.244 e. The summed E-state index contributed by atoms with van der Waals surface area (Å²) in [5.41, 5.74) is 6.64. The minimum atomic E-state index is -0.772. The van der Waals surface area contributed by atoms with Crippen LogP contribution in [-0.4, -0.2) is 46.8 Å². The molecule has 0 unspecified atom stereocenters. The number of hydrogen-bond acceptors (Lipinski definition) is 6. The van der Waals surface area contributed by atoms with Crippen LogP contribution in [0.1, 0.15) is 39.7 Å². The van der Waals surface area contributed by atoms with E-state index in [1.54, 1.807) is 24.3 Å². The lowest BCUT2D eigenvalue weighted by Gasteiger charge is -2.28. The van der Waals surface area contributed by atoms with Gasteiger partial charge in [0.05, 0.1) is 18.7 Å². The third-order valence-corrected chi connectivity index (χ3v) is 4.90. The lowest BCUT2D eigenvalue weighted by molar-refractivity contribution is -0.133. The molecule has 0 heterocycles. The molecular weight excluding hydrogens is 382 g/mol. The smallest absolute Gasteiger partial charge is 0.244 e. The van der Waals surface area contributed by atoms with E-state index in [2.05, 4.69) is 10.6 Å². The lowest BCUT2D eigenvalue weighted by atomic mass is 9.97.